The van der Waals surface area contributed by atoms with E-state index in [-0.39, 0.29) is 10.8 Å². The fourth-order valence-electron chi connectivity index (χ4n) is 3.06. The van der Waals surface area contributed by atoms with Crippen molar-refractivity contribution in [1.29, 1.82) is 0 Å². The lowest BCUT2D eigenvalue weighted by Gasteiger charge is -2.33. The van der Waals surface area contributed by atoms with Crippen LogP contribution in [-0.2, 0) is 27.4 Å². The highest BCUT2D eigenvalue weighted by Gasteiger charge is 2.28. The first-order chi connectivity index (χ1) is 10.3. The first-order valence-electron chi connectivity index (χ1n) is 8.07. The van der Waals surface area contributed by atoms with Gasteiger partial charge in [-0.05, 0) is 33.9 Å². The smallest absolute Gasteiger partial charge is 0.282 e. The zero-order valence-corrected chi connectivity index (χ0v) is 17.6. The lowest BCUT2D eigenvalue weighted by Crippen LogP contribution is -2.34. The first kappa shape index (κ1) is 20.1. The highest BCUT2D eigenvalue weighted by Crippen LogP contribution is 2.33. The molecule has 130 valence electrons. The van der Waals surface area contributed by atoms with Crippen molar-refractivity contribution < 1.29 is 13.0 Å². The maximum Gasteiger partial charge on any atom is 0.287 e. The van der Waals surface area contributed by atoms with Crippen LogP contribution >= 0.6 is 0 Å². The lowest BCUT2D eigenvalue weighted by molar-refractivity contribution is 0.494. The monoisotopic (exact) mass is 354 g/mol. The van der Waals surface area contributed by atoms with Crippen molar-refractivity contribution in [3.05, 3.63) is 40.3 Å². The molecule has 0 heterocycles. The Morgan fingerprint density at radius 3 is 2.04 bits per heavy atom. The summed E-state index contributed by atoms with van der Waals surface area (Å²) in [7, 11) is -4.49. The molecule has 0 spiro atoms. The van der Waals surface area contributed by atoms with Gasteiger partial charge in [-0.15, -0.1) is 0 Å². The van der Waals surface area contributed by atoms with Gasteiger partial charge in [0.1, 0.15) is 0 Å². The summed E-state index contributed by atoms with van der Waals surface area (Å²) < 4.78 is 30.6. The van der Waals surface area contributed by atoms with Gasteiger partial charge in [0.15, 0.2) is 0 Å². The van der Waals surface area contributed by atoms with Gasteiger partial charge in [0.2, 0.25) is 0 Å². The van der Waals surface area contributed by atoms with E-state index in [0.29, 0.717) is 6.42 Å². The zero-order chi connectivity index (χ0) is 18.1. The van der Waals surface area contributed by atoms with Crippen LogP contribution in [0.15, 0.2) is 23.6 Å². The van der Waals surface area contributed by atoms with Gasteiger partial charge in [0.25, 0.3) is 10.1 Å². The molecular weight excluding hydrogens is 324 g/mol. The van der Waals surface area contributed by atoms with Crippen molar-refractivity contribution in [2.45, 2.75) is 65.3 Å². The molecule has 0 aliphatic rings. The Balaban J connectivity index is 3.50. The molecular formula is C18H30O3SSi. The van der Waals surface area contributed by atoms with E-state index in [9.17, 15) is 8.42 Å². The molecule has 1 aromatic carbocycles. The molecule has 0 aliphatic heterocycles. The van der Waals surface area contributed by atoms with E-state index in [0.717, 1.165) is 5.41 Å². The van der Waals surface area contributed by atoms with Crippen LogP contribution in [0.3, 0.4) is 0 Å². The predicted octanol–water partition coefficient (Wildman–Crippen LogP) is 3.07. The second-order valence-corrected chi connectivity index (χ2v) is 10.8. The van der Waals surface area contributed by atoms with Crippen molar-refractivity contribution >= 4 is 24.8 Å². The van der Waals surface area contributed by atoms with Crippen molar-refractivity contribution in [1.82, 2.24) is 0 Å². The normalized spacial score (nSPS) is 14.3. The van der Waals surface area contributed by atoms with E-state index in [2.05, 4.69) is 60.2 Å². The quantitative estimate of drug-likeness (QED) is 0.668. The summed E-state index contributed by atoms with van der Waals surface area (Å²) >= 11 is 0. The molecule has 0 fully saturated rings. The molecule has 3 nitrogen and oxygen atoms in total. The van der Waals surface area contributed by atoms with Gasteiger partial charge in [0, 0.05) is 0 Å². The summed E-state index contributed by atoms with van der Waals surface area (Å²) in [4.78, 5) is 0. The van der Waals surface area contributed by atoms with Crippen LogP contribution in [0.5, 0.6) is 0 Å². The SMILES string of the molecule is C[SiH2]c1c(CC=CS(=O)(=O)O)ccc(C(C)(C)C)c1C(C)(C)C. The Kier molecular flexibility index (Phi) is 6.05. The summed E-state index contributed by atoms with van der Waals surface area (Å²) in [5, 5.41) is 2.30. The number of rotatable bonds is 4. The largest absolute Gasteiger partial charge is 0.287 e. The van der Waals surface area contributed by atoms with Crippen LogP contribution in [0.4, 0.5) is 0 Å². The summed E-state index contributed by atoms with van der Waals surface area (Å²) in [5.41, 5.74) is 4.08. The molecule has 0 saturated heterocycles. The molecule has 0 bridgehead atoms. The highest BCUT2D eigenvalue weighted by molar-refractivity contribution is 7.88. The fraction of sp³-hybridized carbons (Fsp3) is 0.556. The molecule has 0 atom stereocenters. The second-order valence-electron chi connectivity index (χ2n) is 8.07. The van der Waals surface area contributed by atoms with Crippen LogP contribution in [0.2, 0.25) is 6.55 Å². The lowest BCUT2D eigenvalue weighted by atomic mass is 9.74. The molecule has 0 amide bonds. The highest BCUT2D eigenvalue weighted by atomic mass is 32.2. The van der Waals surface area contributed by atoms with Crippen molar-refractivity contribution in [2.75, 3.05) is 0 Å². The van der Waals surface area contributed by atoms with Gasteiger partial charge < -0.3 is 0 Å². The molecule has 0 saturated carbocycles. The number of hydrogen-bond acceptors (Lipinski definition) is 2. The van der Waals surface area contributed by atoms with Crippen molar-refractivity contribution in [3.63, 3.8) is 0 Å². The molecule has 0 aliphatic carbocycles. The Bertz CT molecular complexity index is 690. The minimum Gasteiger partial charge on any atom is -0.282 e. The average Bonchev–Trinajstić information content (AvgIpc) is 2.34. The van der Waals surface area contributed by atoms with Crippen molar-refractivity contribution in [2.24, 2.45) is 0 Å². The molecule has 0 aromatic heterocycles. The Labute approximate surface area is 143 Å². The van der Waals surface area contributed by atoms with Gasteiger partial charge in [-0.1, -0.05) is 71.5 Å². The minimum atomic E-state index is -4.05. The van der Waals surface area contributed by atoms with Crippen LogP contribution in [-0.4, -0.2) is 22.5 Å². The van der Waals surface area contributed by atoms with E-state index < -0.39 is 19.6 Å². The van der Waals surface area contributed by atoms with Gasteiger partial charge in [-0.25, -0.2) is 0 Å². The minimum absolute atomic E-state index is 0.0454. The third kappa shape index (κ3) is 5.59. The van der Waals surface area contributed by atoms with Gasteiger partial charge in [-0.2, -0.15) is 8.42 Å². The van der Waals surface area contributed by atoms with Crippen LogP contribution in [0.1, 0.15) is 58.2 Å². The number of hydrogen-bond donors (Lipinski definition) is 1. The third-order valence-electron chi connectivity index (χ3n) is 3.93. The van der Waals surface area contributed by atoms with E-state index in [1.807, 2.05) is 0 Å². The Morgan fingerprint density at radius 1 is 1.09 bits per heavy atom. The molecule has 23 heavy (non-hydrogen) atoms. The summed E-state index contributed by atoms with van der Waals surface area (Å²) in [6.45, 7) is 15.7. The first-order valence-corrected chi connectivity index (χ1v) is 11.7. The van der Waals surface area contributed by atoms with Gasteiger partial charge >= 0.3 is 0 Å². The molecule has 0 radical (unpaired) electrons. The van der Waals surface area contributed by atoms with Gasteiger partial charge in [0.05, 0.1) is 14.9 Å². The van der Waals surface area contributed by atoms with E-state index >= 15 is 0 Å². The molecule has 5 heteroatoms. The van der Waals surface area contributed by atoms with Crippen molar-refractivity contribution in [3.8, 4) is 0 Å². The van der Waals surface area contributed by atoms with Crippen LogP contribution in [0, 0.1) is 0 Å². The van der Waals surface area contributed by atoms with Gasteiger partial charge in [-0.3, -0.25) is 4.55 Å². The summed E-state index contributed by atoms with van der Waals surface area (Å²) in [5.74, 6) is 0. The van der Waals surface area contributed by atoms with Crippen LogP contribution in [0.25, 0.3) is 0 Å². The standard InChI is InChI=1S/C18H30O3SSi/c1-17(2,3)14-11-10-13(9-8-12-22(19,20)21)16(23-7)15(14)18(4,5)6/h8,10-12H,9,23H2,1-7H3,(H,19,20,21). The zero-order valence-electron chi connectivity index (χ0n) is 15.4. The second kappa shape index (κ2) is 6.91. The maximum atomic E-state index is 10.9. The summed E-state index contributed by atoms with van der Waals surface area (Å²) in [6, 6.07) is 4.31. The molecule has 1 N–H and O–H groups in total. The van der Waals surface area contributed by atoms with E-state index in [1.165, 1.54) is 28.0 Å². The number of benzene rings is 1. The summed E-state index contributed by atoms with van der Waals surface area (Å²) in [6.07, 6.45) is 2.06. The number of allylic oxidation sites excluding steroid dienone is 1. The van der Waals surface area contributed by atoms with E-state index in [4.69, 9.17) is 4.55 Å². The van der Waals surface area contributed by atoms with E-state index in [1.54, 1.807) is 0 Å². The Morgan fingerprint density at radius 2 is 1.65 bits per heavy atom. The average molecular weight is 355 g/mol. The molecule has 1 aromatic rings. The fourth-order valence-corrected chi connectivity index (χ4v) is 5.19. The molecule has 0 unspecified atom stereocenters. The Hall–Kier alpha value is -0.913. The van der Waals surface area contributed by atoms with Crippen LogP contribution < -0.4 is 5.19 Å². The molecule has 1 rings (SSSR count). The topological polar surface area (TPSA) is 54.4 Å². The third-order valence-corrected chi connectivity index (χ3v) is 5.98. The predicted molar refractivity (Wildman–Crippen MR) is 102 cm³/mol. The maximum absolute atomic E-state index is 10.9.